The van der Waals surface area contributed by atoms with Gasteiger partial charge in [0.1, 0.15) is 0 Å². The molecule has 1 saturated carbocycles. The summed E-state index contributed by atoms with van der Waals surface area (Å²) in [6.07, 6.45) is -1.65. The van der Waals surface area contributed by atoms with Crippen LogP contribution in [0.15, 0.2) is 53.5 Å². The molecule has 7 N–H and O–H groups in total. The number of carbonyl (C=O) groups is 1. The molecule has 1 fully saturated rings. The van der Waals surface area contributed by atoms with Crippen molar-refractivity contribution in [2.24, 2.45) is 16.5 Å². The number of aromatic nitrogens is 3. The first kappa shape index (κ1) is 30.6. The van der Waals surface area contributed by atoms with Gasteiger partial charge in [-0.25, -0.2) is 0 Å². The van der Waals surface area contributed by atoms with E-state index in [1.807, 2.05) is 19.1 Å². The molecular formula is C27H31ClF3N9O2. The molecule has 0 saturated heterocycles. The van der Waals surface area contributed by atoms with Crippen LogP contribution in [0.1, 0.15) is 48.5 Å². The van der Waals surface area contributed by atoms with E-state index >= 15 is 0 Å². The van der Waals surface area contributed by atoms with E-state index in [0.717, 1.165) is 18.4 Å². The number of anilines is 3. The number of amides is 1. The molecule has 1 aliphatic rings. The molecule has 0 bridgehead atoms. The molecule has 42 heavy (non-hydrogen) atoms. The number of carbonyl (C=O) groups excluding carboxylic acids is 1. The van der Waals surface area contributed by atoms with Gasteiger partial charge in [-0.2, -0.15) is 28.1 Å². The maximum Gasteiger partial charge on any atom is 0.422 e. The lowest BCUT2D eigenvalue weighted by atomic mass is 10.1. The van der Waals surface area contributed by atoms with Crippen molar-refractivity contribution in [2.45, 2.75) is 50.4 Å². The third-order valence-electron chi connectivity index (χ3n) is 6.35. The predicted octanol–water partition coefficient (Wildman–Crippen LogP) is 4.48. The summed E-state index contributed by atoms with van der Waals surface area (Å²) in [6.45, 7) is 0.796. The Morgan fingerprint density at radius 1 is 1.07 bits per heavy atom. The minimum absolute atomic E-state index is 0.0277. The summed E-state index contributed by atoms with van der Waals surface area (Å²) < 4.78 is 43.3. The Labute approximate surface area is 245 Å². The van der Waals surface area contributed by atoms with Gasteiger partial charge in [0.05, 0.1) is 5.54 Å². The zero-order valence-corrected chi connectivity index (χ0v) is 23.5. The molecule has 0 aliphatic heterocycles. The number of benzene rings is 2. The Bertz CT molecular complexity index is 1400. The van der Waals surface area contributed by atoms with Crippen LogP contribution in [0.4, 0.5) is 30.8 Å². The van der Waals surface area contributed by atoms with Crippen LogP contribution >= 0.6 is 11.6 Å². The molecule has 11 nitrogen and oxygen atoms in total. The molecule has 1 aliphatic carbocycles. The number of nitrogens with two attached hydrogens (primary N) is 2. The van der Waals surface area contributed by atoms with Crippen LogP contribution < -0.4 is 32.2 Å². The number of guanidine groups is 1. The van der Waals surface area contributed by atoms with Crippen LogP contribution in [0.25, 0.3) is 0 Å². The lowest BCUT2D eigenvalue weighted by Gasteiger charge is -2.19. The Hall–Kier alpha value is -4.33. The van der Waals surface area contributed by atoms with E-state index in [4.69, 9.17) is 27.8 Å². The summed E-state index contributed by atoms with van der Waals surface area (Å²) in [5.74, 6) is -0.229. The number of nitrogens with zero attached hydrogens (tertiary/aromatic N) is 4. The highest BCUT2D eigenvalue weighted by Crippen LogP contribution is 2.48. The second kappa shape index (κ2) is 13.1. The normalized spacial score (nSPS) is 14.4. The van der Waals surface area contributed by atoms with Crippen molar-refractivity contribution < 1.29 is 22.7 Å². The Kier molecular flexibility index (Phi) is 9.55. The van der Waals surface area contributed by atoms with Crippen LogP contribution in [0, 0.1) is 0 Å². The highest BCUT2D eigenvalue weighted by Gasteiger charge is 2.45. The average Bonchev–Trinajstić information content (AvgIpc) is 3.70. The Morgan fingerprint density at radius 3 is 2.36 bits per heavy atom. The molecule has 1 heterocycles. The van der Waals surface area contributed by atoms with E-state index in [9.17, 15) is 18.0 Å². The summed E-state index contributed by atoms with van der Waals surface area (Å²) in [4.78, 5) is 28.9. The largest absolute Gasteiger partial charge is 0.454 e. The van der Waals surface area contributed by atoms with Crippen LogP contribution in [0.2, 0.25) is 5.02 Å². The SMILES string of the molecule is C[C@@H](CCCN=C(N)N)NC(=O)c1ccc(Nc2nc(NC3(c4ccc(Cl)cc4)CC3)nc(OCC(F)(F)F)n2)cc1. The maximum absolute atomic E-state index is 12.8. The Morgan fingerprint density at radius 2 is 1.74 bits per heavy atom. The zero-order chi connectivity index (χ0) is 30.3. The molecule has 3 aromatic rings. The van der Waals surface area contributed by atoms with Gasteiger partial charge >= 0.3 is 12.2 Å². The van der Waals surface area contributed by atoms with Crippen LogP contribution in [-0.4, -0.2) is 52.2 Å². The molecule has 1 atom stereocenters. The van der Waals surface area contributed by atoms with Gasteiger partial charge in [-0.1, -0.05) is 23.7 Å². The predicted molar refractivity (Wildman–Crippen MR) is 154 cm³/mol. The highest BCUT2D eigenvalue weighted by molar-refractivity contribution is 6.30. The minimum atomic E-state index is -4.57. The number of rotatable bonds is 13. The van der Waals surface area contributed by atoms with Gasteiger partial charge < -0.3 is 32.2 Å². The van der Waals surface area contributed by atoms with Crippen molar-refractivity contribution in [1.82, 2.24) is 20.3 Å². The van der Waals surface area contributed by atoms with Crippen molar-refractivity contribution >= 4 is 41.1 Å². The van der Waals surface area contributed by atoms with Gasteiger partial charge in [-0.05, 0) is 74.6 Å². The standard InChI is InChI=1S/C27H31ClF3N9O2/c1-16(3-2-14-34-22(32)33)35-21(41)17-4-10-20(11-5-17)36-23-37-24(39-25(38-23)42-15-27(29,30)31)40-26(12-13-26)18-6-8-19(28)9-7-18/h4-11,16H,2-3,12-15H2,1H3,(H,35,41)(H4,32,33,34)(H2,36,37,38,39,40)/t16-/m0/s1. The van der Waals surface area contributed by atoms with Crippen molar-refractivity contribution in [2.75, 3.05) is 23.8 Å². The number of hydrogen-bond acceptors (Lipinski definition) is 8. The van der Waals surface area contributed by atoms with E-state index in [2.05, 4.69) is 35.9 Å². The first-order valence-corrected chi connectivity index (χ1v) is 13.5. The fraction of sp³-hybridized carbons (Fsp3) is 0.370. The summed E-state index contributed by atoms with van der Waals surface area (Å²) in [6, 6.07) is 13.1. The summed E-state index contributed by atoms with van der Waals surface area (Å²) in [5.41, 5.74) is 12.0. The number of hydrogen-bond donors (Lipinski definition) is 5. The third-order valence-corrected chi connectivity index (χ3v) is 6.60. The van der Waals surface area contributed by atoms with Gasteiger partial charge in [0.2, 0.25) is 11.9 Å². The lowest BCUT2D eigenvalue weighted by Crippen LogP contribution is -2.32. The number of halogens is 4. The van der Waals surface area contributed by atoms with Crippen LogP contribution in [0.3, 0.4) is 0 Å². The monoisotopic (exact) mass is 605 g/mol. The molecule has 2 aromatic carbocycles. The lowest BCUT2D eigenvalue weighted by molar-refractivity contribution is -0.154. The van der Waals surface area contributed by atoms with E-state index < -0.39 is 24.3 Å². The molecular weight excluding hydrogens is 575 g/mol. The molecule has 15 heteroatoms. The molecule has 1 aromatic heterocycles. The number of alkyl halides is 3. The second-order valence-electron chi connectivity index (χ2n) is 9.91. The smallest absolute Gasteiger partial charge is 0.422 e. The minimum Gasteiger partial charge on any atom is -0.454 e. The molecule has 0 radical (unpaired) electrons. The van der Waals surface area contributed by atoms with Gasteiger partial charge in [0, 0.05) is 28.9 Å². The van der Waals surface area contributed by atoms with Gasteiger partial charge in [-0.3, -0.25) is 9.79 Å². The highest BCUT2D eigenvalue weighted by atomic mass is 35.5. The first-order valence-electron chi connectivity index (χ1n) is 13.1. The summed E-state index contributed by atoms with van der Waals surface area (Å²) in [7, 11) is 0. The van der Waals surface area contributed by atoms with E-state index in [-0.39, 0.29) is 29.8 Å². The number of aliphatic imine (C=N–C) groups is 1. The fourth-order valence-corrected chi connectivity index (χ4v) is 4.22. The Balaban J connectivity index is 1.44. The van der Waals surface area contributed by atoms with E-state index in [1.54, 1.807) is 36.4 Å². The van der Waals surface area contributed by atoms with Crippen molar-refractivity contribution in [3.8, 4) is 6.01 Å². The van der Waals surface area contributed by atoms with Crippen molar-refractivity contribution in [3.05, 3.63) is 64.7 Å². The molecule has 224 valence electrons. The first-order chi connectivity index (χ1) is 19.9. The van der Waals surface area contributed by atoms with E-state index in [1.165, 1.54) is 0 Å². The summed E-state index contributed by atoms with van der Waals surface area (Å²) in [5, 5.41) is 9.65. The topological polar surface area (TPSA) is 165 Å². The third kappa shape index (κ3) is 9.09. The fourth-order valence-electron chi connectivity index (χ4n) is 4.09. The molecule has 1 amide bonds. The van der Waals surface area contributed by atoms with Gasteiger partial charge in [-0.15, -0.1) is 0 Å². The van der Waals surface area contributed by atoms with Crippen LogP contribution in [-0.2, 0) is 5.54 Å². The molecule has 4 rings (SSSR count). The van der Waals surface area contributed by atoms with Gasteiger partial charge in [0.15, 0.2) is 12.6 Å². The van der Waals surface area contributed by atoms with E-state index in [0.29, 0.717) is 35.7 Å². The van der Waals surface area contributed by atoms with Crippen molar-refractivity contribution in [1.29, 1.82) is 0 Å². The summed E-state index contributed by atoms with van der Waals surface area (Å²) >= 11 is 6.01. The zero-order valence-electron chi connectivity index (χ0n) is 22.7. The number of nitrogens with one attached hydrogen (secondary N) is 3. The number of ether oxygens (including phenoxy) is 1. The van der Waals surface area contributed by atoms with Crippen molar-refractivity contribution in [3.63, 3.8) is 0 Å². The van der Waals surface area contributed by atoms with Gasteiger partial charge in [0.25, 0.3) is 5.91 Å². The second-order valence-corrected chi connectivity index (χ2v) is 10.3. The molecule has 0 spiro atoms. The quantitative estimate of drug-likeness (QED) is 0.107. The maximum atomic E-state index is 12.8. The average molecular weight is 606 g/mol. The van der Waals surface area contributed by atoms with Crippen LogP contribution in [0.5, 0.6) is 6.01 Å². The molecule has 0 unspecified atom stereocenters.